The summed E-state index contributed by atoms with van der Waals surface area (Å²) in [4.78, 5) is 4.48. The lowest BCUT2D eigenvalue weighted by Gasteiger charge is -2.11. The first-order valence-corrected chi connectivity index (χ1v) is 6.76. The zero-order chi connectivity index (χ0) is 12.7. The van der Waals surface area contributed by atoms with E-state index >= 15 is 0 Å². The second-order valence-corrected chi connectivity index (χ2v) is 4.58. The molecule has 1 atom stereocenters. The highest BCUT2D eigenvalue weighted by molar-refractivity contribution is 6.17. The number of aryl methyl sites for hydroxylation is 2. The van der Waals surface area contributed by atoms with Gasteiger partial charge in [-0.1, -0.05) is 20.8 Å². The monoisotopic (exact) mass is 256 g/mol. The lowest BCUT2D eigenvalue weighted by atomic mass is 10.1. The molecule has 1 aromatic heterocycles. The molecule has 0 radical (unpaired) electrons. The molecule has 5 heteroatoms. The van der Waals surface area contributed by atoms with E-state index in [-0.39, 0.29) is 0 Å². The van der Waals surface area contributed by atoms with Gasteiger partial charge in [0.2, 0.25) is 5.95 Å². The molecule has 1 N–H and O–H groups in total. The van der Waals surface area contributed by atoms with Crippen molar-refractivity contribution in [1.82, 2.24) is 15.2 Å². The van der Waals surface area contributed by atoms with E-state index in [0.29, 0.717) is 17.7 Å². The zero-order valence-electron chi connectivity index (χ0n) is 10.8. The lowest BCUT2D eigenvalue weighted by molar-refractivity contribution is 0.593. The van der Waals surface area contributed by atoms with E-state index in [4.69, 9.17) is 11.6 Å². The number of nitrogens with one attached hydrogen (secondary N) is 1. The van der Waals surface area contributed by atoms with Gasteiger partial charge >= 0.3 is 0 Å². The summed E-state index contributed by atoms with van der Waals surface area (Å²) in [6.07, 6.45) is 2.77. The number of rotatable bonds is 7. The van der Waals surface area contributed by atoms with E-state index in [0.717, 1.165) is 37.2 Å². The third-order valence-corrected chi connectivity index (χ3v) is 2.94. The maximum atomic E-state index is 5.69. The molecule has 96 valence electrons. The molecule has 1 rings (SSSR count). The quantitative estimate of drug-likeness (QED) is 0.762. The van der Waals surface area contributed by atoms with Crippen LogP contribution in [0.2, 0.25) is 0 Å². The van der Waals surface area contributed by atoms with Gasteiger partial charge in [0.25, 0.3) is 0 Å². The Labute approximate surface area is 108 Å². The van der Waals surface area contributed by atoms with Gasteiger partial charge in [0.1, 0.15) is 0 Å². The minimum absolute atomic E-state index is 0.520. The van der Waals surface area contributed by atoms with Crippen LogP contribution >= 0.6 is 11.6 Å². The molecular weight excluding hydrogens is 236 g/mol. The van der Waals surface area contributed by atoms with Crippen LogP contribution in [0.15, 0.2) is 0 Å². The van der Waals surface area contributed by atoms with Crippen LogP contribution < -0.4 is 5.32 Å². The Balaban J connectivity index is 2.60. The second kappa shape index (κ2) is 7.43. The Bertz CT molecular complexity index is 343. The molecule has 17 heavy (non-hydrogen) atoms. The molecule has 0 bridgehead atoms. The van der Waals surface area contributed by atoms with Crippen LogP contribution in [0.5, 0.6) is 0 Å². The van der Waals surface area contributed by atoms with Crippen LogP contribution in [0.4, 0.5) is 5.95 Å². The van der Waals surface area contributed by atoms with Gasteiger partial charge in [-0.25, -0.2) is 4.98 Å². The van der Waals surface area contributed by atoms with Crippen LogP contribution in [-0.2, 0) is 12.8 Å². The SMILES string of the molecule is CCc1nnc(NCC(C)CCCl)nc1CC. The van der Waals surface area contributed by atoms with Crippen LogP contribution in [0.3, 0.4) is 0 Å². The summed E-state index contributed by atoms with van der Waals surface area (Å²) in [7, 11) is 0. The maximum absolute atomic E-state index is 5.69. The molecule has 0 aliphatic carbocycles. The summed E-state index contributed by atoms with van der Waals surface area (Å²) in [6.45, 7) is 7.15. The van der Waals surface area contributed by atoms with Crippen LogP contribution in [0.1, 0.15) is 38.6 Å². The summed E-state index contributed by atoms with van der Waals surface area (Å²) < 4.78 is 0. The van der Waals surface area contributed by atoms with Crippen molar-refractivity contribution in [1.29, 1.82) is 0 Å². The Morgan fingerprint density at radius 1 is 1.18 bits per heavy atom. The largest absolute Gasteiger partial charge is 0.353 e. The van der Waals surface area contributed by atoms with E-state index in [1.807, 2.05) is 0 Å². The molecule has 1 unspecified atom stereocenters. The van der Waals surface area contributed by atoms with Gasteiger partial charge in [-0.15, -0.1) is 16.7 Å². The molecule has 0 spiro atoms. The van der Waals surface area contributed by atoms with E-state index < -0.39 is 0 Å². The summed E-state index contributed by atoms with van der Waals surface area (Å²) in [6, 6.07) is 0. The molecule has 0 aliphatic rings. The fraction of sp³-hybridized carbons (Fsp3) is 0.750. The number of halogens is 1. The van der Waals surface area contributed by atoms with Crippen LogP contribution in [-0.4, -0.2) is 27.6 Å². The van der Waals surface area contributed by atoms with E-state index in [2.05, 4.69) is 41.3 Å². The number of hydrogen-bond acceptors (Lipinski definition) is 4. The van der Waals surface area contributed by atoms with Crippen molar-refractivity contribution >= 4 is 17.5 Å². The summed E-state index contributed by atoms with van der Waals surface area (Å²) in [5, 5.41) is 11.5. The molecule has 0 saturated heterocycles. The molecule has 0 aromatic carbocycles. The van der Waals surface area contributed by atoms with Crippen molar-refractivity contribution in [3.8, 4) is 0 Å². The van der Waals surface area contributed by atoms with E-state index in [1.54, 1.807) is 0 Å². The highest BCUT2D eigenvalue weighted by Crippen LogP contribution is 2.08. The number of alkyl halides is 1. The first-order chi connectivity index (χ1) is 8.21. The predicted octanol–water partition coefficient (Wildman–Crippen LogP) is 2.67. The second-order valence-electron chi connectivity index (χ2n) is 4.20. The molecule has 0 amide bonds. The van der Waals surface area contributed by atoms with Crippen molar-refractivity contribution in [2.45, 2.75) is 40.0 Å². The Kier molecular flexibility index (Phi) is 6.19. The smallest absolute Gasteiger partial charge is 0.242 e. The zero-order valence-corrected chi connectivity index (χ0v) is 11.6. The average Bonchev–Trinajstić information content (AvgIpc) is 2.36. The molecule has 1 heterocycles. The number of anilines is 1. The van der Waals surface area contributed by atoms with Crippen molar-refractivity contribution in [2.24, 2.45) is 5.92 Å². The fourth-order valence-electron chi connectivity index (χ4n) is 1.57. The number of hydrogen-bond donors (Lipinski definition) is 1. The normalized spacial score (nSPS) is 12.5. The molecule has 4 nitrogen and oxygen atoms in total. The first kappa shape index (κ1) is 14.2. The standard InChI is InChI=1S/C12H21ClN4/c1-4-10-11(5-2)16-17-12(15-10)14-8-9(3)6-7-13/h9H,4-8H2,1-3H3,(H,14,15,17). The molecule has 0 aliphatic heterocycles. The lowest BCUT2D eigenvalue weighted by Crippen LogP contribution is -2.15. The molecule has 0 saturated carbocycles. The summed E-state index contributed by atoms with van der Waals surface area (Å²) in [5.74, 6) is 1.84. The van der Waals surface area contributed by atoms with Gasteiger partial charge in [0, 0.05) is 12.4 Å². The van der Waals surface area contributed by atoms with Gasteiger partial charge in [-0.05, 0) is 25.2 Å². The maximum Gasteiger partial charge on any atom is 0.242 e. The van der Waals surface area contributed by atoms with Crippen LogP contribution in [0, 0.1) is 5.92 Å². The highest BCUT2D eigenvalue weighted by atomic mass is 35.5. The first-order valence-electron chi connectivity index (χ1n) is 6.23. The Hall–Kier alpha value is -0.900. The predicted molar refractivity (Wildman–Crippen MR) is 71.6 cm³/mol. The topological polar surface area (TPSA) is 50.7 Å². The van der Waals surface area contributed by atoms with Gasteiger partial charge in [0.15, 0.2) is 0 Å². The van der Waals surface area contributed by atoms with Crippen LogP contribution in [0.25, 0.3) is 0 Å². The van der Waals surface area contributed by atoms with Gasteiger partial charge in [0.05, 0.1) is 11.4 Å². The summed E-state index contributed by atoms with van der Waals surface area (Å²) in [5.41, 5.74) is 2.03. The fourth-order valence-corrected chi connectivity index (χ4v) is 1.94. The highest BCUT2D eigenvalue weighted by Gasteiger charge is 2.07. The average molecular weight is 257 g/mol. The number of aromatic nitrogens is 3. The molecular formula is C12H21ClN4. The van der Waals surface area contributed by atoms with Gasteiger partial charge < -0.3 is 5.32 Å². The number of nitrogens with zero attached hydrogens (tertiary/aromatic N) is 3. The Morgan fingerprint density at radius 2 is 1.88 bits per heavy atom. The summed E-state index contributed by atoms with van der Waals surface area (Å²) >= 11 is 5.69. The molecule has 0 fully saturated rings. The van der Waals surface area contributed by atoms with E-state index in [9.17, 15) is 0 Å². The van der Waals surface area contributed by atoms with Crippen molar-refractivity contribution in [3.05, 3.63) is 11.4 Å². The minimum Gasteiger partial charge on any atom is -0.353 e. The van der Waals surface area contributed by atoms with Crippen molar-refractivity contribution in [2.75, 3.05) is 17.7 Å². The minimum atomic E-state index is 0.520. The van der Waals surface area contributed by atoms with Gasteiger partial charge in [-0.3, -0.25) is 0 Å². The Morgan fingerprint density at radius 3 is 2.47 bits per heavy atom. The molecule has 1 aromatic rings. The van der Waals surface area contributed by atoms with Crippen molar-refractivity contribution < 1.29 is 0 Å². The third kappa shape index (κ3) is 4.46. The van der Waals surface area contributed by atoms with E-state index in [1.165, 1.54) is 0 Å². The van der Waals surface area contributed by atoms with Crippen molar-refractivity contribution in [3.63, 3.8) is 0 Å². The van der Waals surface area contributed by atoms with Gasteiger partial charge in [-0.2, -0.15) is 5.10 Å². The third-order valence-electron chi connectivity index (χ3n) is 2.72.